The Morgan fingerprint density at radius 3 is 2.58 bits per heavy atom. The number of rotatable bonds is 6. The number of halogens is 1. The lowest BCUT2D eigenvalue weighted by Crippen LogP contribution is -2.42. The molecule has 134 valence electrons. The van der Waals surface area contributed by atoms with Crippen molar-refractivity contribution in [3.63, 3.8) is 0 Å². The molecule has 0 aliphatic rings. The maximum Gasteiger partial charge on any atom is 0.248 e. The Bertz CT molecular complexity index is 878. The zero-order valence-electron chi connectivity index (χ0n) is 13.6. The van der Waals surface area contributed by atoms with Gasteiger partial charge in [0.1, 0.15) is 0 Å². The van der Waals surface area contributed by atoms with Crippen LogP contribution in [0.1, 0.15) is 17.9 Å². The third kappa shape index (κ3) is 5.14. The molecule has 26 heavy (non-hydrogen) atoms. The first kappa shape index (κ1) is 18.1. The average molecular weight is 391 g/mol. The molecule has 0 unspecified atom stereocenters. The molecule has 0 aliphatic heterocycles. The molecular formula is C17H15ClN4O3S. The summed E-state index contributed by atoms with van der Waals surface area (Å²) in [5.74, 6) is 0.134. The summed E-state index contributed by atoms with van der Waals surface area (Å²) in [5.41, 5.74) is 6.39. The number of hydrazine groups is 1. The van der Waals surface area contributed by atoms with Crippen LogP contribution in [-0.4, -0.2) is 22.0 Å². The lowest BCUT2D eigenvalue weighted by Gasteiger charge is -2.07. The van der Waals surface area contributed by atoms with E-state index in [0.717, 1.165) is 11.1 Å². The van der Waals surface area contributed by atoms with Gasteiger partial charge in [-0.05, 0) is 29.1 Å². The highest BCUT2D eigenvalue weighted by atomic mass is 35.5. The van der Waals surface area contributed by atoms with Crippen molar-refractivity contribution in [1.29, 1.82) is 0 Å². The third-order valence-corrected chi connectivity index (χ3v) is 4.36. The van der Waals surface area contributed by atoms with E-state index in [1.807, 2.05) is 16.8 Å². The van der Waals surface area contributed by atoms with Crippen molar-refractivity contribution >= 4 is 34.8 Å². The Morgan fingerprint density at radius 1 is 1.08 bits per heavy atom. The molecule has 2 amide bonds. The van der Waals surface area contributed by atoms with E-state index in [2.05, 4.69) is 21.0 Å². The third-order valence-electron chi connectivity index (χ3n) is 3.42. The number of hydrogen-bond donors (Lipinski definition) is 2. The van der Waals surface area contributed by atoms with Crippen molar-refractivity contribution in [3.05, 3.63) is 57.6 Å². The number of carbonyl (C=O) groups excluding carboxylic acids is 2. The Hall–Kier alpha value is -2.71. The van der Waals surface area contributed by atoms with Crippen LogP contribution in [0.2, 0.25) is 5.02 Å². The van der Waals surface area contributed by atoms with E-state index in [1.54, 1.807) is 24.3 Å². The summed E-state index contributed by atoms with van der Waals surface area (Å²) in [6.45, 7) is 0. The predicted molar refractivity (Wildman–Crippen MR) is 97.4 cm³/mol. The van der Waals surface area contributed by atoms with Crippen LogP contribution in [0.4, 0.5) is 0 Å². The lowest BCUT2D eigenvalue weighted by molar-refractivity contribution is -0.128. The van der Waals surface area contributed by atoms with E-state index in [0.29, 0.717) is 16.8 Å². The second-order valence-corrected chi connectivity index (χ2v) is 6.63. The van der Waals surface area contributed by atoms with Crippen molar-refractivity contribution in [2.24, 2.45) is 0 Å². The van der Waals surface area contributed by atoms with E-state index in [-0.39, 0.29) is 31.1 Å². The predicted octanol–water partition coefficient (Wildman–Crippen LogP) is 2.77. The van der Waals surface area contributed by atoms with E-state index >= 15 is 0 Å². The maximum atomic E-state index is 11.8. The van der Waals surface area contributed by atoms with Crippen molar-refractivity contribution in [2.75, 3.05) is 0 Å². The monoisotopic (exact) mass is 390 g/mol. The molecular weight excluding hydrogens is 376 g/mol. The van der Waals surface area contributed by atoms with Gasteiger partial charge < -0.3 is 4.42 Å². The number of aromatic nitrogens is 2. The molecule has 3 aromatic rings. The molecule has 0 bridgehead atoms. The normalized spacial score (nSPS) is 10.5. The van der Waals surface area contributed by atoms with Crippen LogP contribution in [0.25, 0.3) is 11.5 Å². The molecule has 1 aromatic carbocycles. The van der Waals surface area contributed by atoms with E-state index < -0.39 is 0 Å². The average Bonchev–Trinajstić information content (AvgIpc) is 3.31. The van der Waals surface area contributed by atoms with Gasteiger partial charge in [0.2, 0.25) is 23.6 Å². The van der Waals surface area contributed by atoms with Crippen molar-refractivity contribution in [3.8, 4) is 11.5 Å². The SMILES string of the molecule is O=C(CCc1nnc(-c2ccsc2)o1)NNC(=O)Cc1ccc(Cl)cc1. The molecule has 0 saturated heterocycles. The van der Waals surface area contributed by atoms with E-state index in [9.17, 15) is 9.59 Å². The van der Waals surface area contributed by atoms with Crippen LogP contribution < -0.4 is 10.9 Å². The molecule has 9 heteroatoms. The topological polar surface area (TPSA) is 97.1 Å². The first-order valence-electron chi connectivity index (χ1n) is 7.77. The summed E-state index contributed by atoms with van der Waals surface area (Å²) in [6, 6.07) is 8.80. The summed E-state index contributed by atoms with van der Waals surface area (Å²) < 4.78 is 5.50. The van der Waals surface area contributed by atoms with E-state index in [1.165, 1.54) is 11.3 Å². The number of hydrogen-bond acceptors (Lipinski definition) is 6. The first-order valence-corrected chi connectivity index (χ1v) is 9.09. The fraction of sp³-hybridized carbons (Fsp3) is 0.176. The zero-order chi connectivity index (χ0) is 18.4. The number of carbonyl (C=O) groups is 2. The number of thiophene rings is 1. The highest BCUT2D eigenvalue weighted by molar-refractivity contribution is 7.08. The number of nitrogens with one attached hydrogen (secondary N) is 2. The van der Waals surface area contributed by atoms with Crippen LogP contribution in [-0.2, 0) is 22.4 Å². The molecule has 0 fully saturated rings. The van der Waals surface area contributed by atoms with Gasteiger partial charge in [0, 0.05) is 28.8 Å². The van der Waals surface area contributed by atoms with Crippen molar-refractivity contribution in [1.82, 2.24) is 21.0 Å². The van der Waals surface area contributed by atoms with Gasteiger partial charge in [-0.2, -0.15) is 11.3 Å². The molecule has 2 heterocycles. The molecule has 0 atom stereocenters. The maximum absolute atomic E-state index is 11.8. The van der Waals surface area contributed by atoms with Crippen LogP contribution in [0.5, 0.6) is 0 Å². The highest BCUT2D eigenvalue weighted by Crippen LogP contribution is 2.20. The van der Waals surface area contributed by atoms with Crippen molar-refractivity contribution in [2.45, 2.75) is 19.3 Å². The Kier molecular flexibility index (Phi) is 5.98. The van der Waals surface area contributed by atoms with Gasteiger partial charge in [-0.25, -0.2) is 0 Å². The molecule has 2 aromatic heterocycles. The second kappa shape index (κ2) is 8.59. The Balaban J connectivity index is 1.40. The lowest BCUT2D eigenvalue weighted by atomic mass is 10.1. The van der Waals surface area contributed by atoms with E-state index in [4.69, 9.17) is 16.0 Å². The quantitative estimate of drug-likeness (QED) is 0.631. The van der Waals surface area contributed by atoms with Gasteiger partial charge in [0.05, 0.1) is 6.42 Å². The molecule has 3 rings (SSSR count). The minimum absolute atomic E-state index is 0.118. The fourth-order valence-corrected chi connectivity index (χ4v) is 2.87. The van der Waals surface area contributed by atoms with Crippen molar-refractivity contribution < 1.29 is 14.0 Å². The molecule has 0 spiro atoms. The summed E-state index contributed by atoms with van der Waals surface area (Å²) in [4.78, 5) is 23.6. The van der Waals surface area contributed by atoms with Gasteiger partial charge in [-0.3, -0.25) is 20.4 Å². The van der Waals surface area contributed by atoms with Crippen LogP contribution >= 0.6 is 22.9 Å². The minimum atomic E-state index is -0.343. The van der Waals surface area contributed by atoms with Gasteiger partial charge in [0.25, 0.3) is 0 Å². The smallest absolute Gasteiger partial charge is 0.248 e. The summed E-state index contributed by atoms with van der Waals surface area (Å²) in [5, 5.41) is 12.3. The van der Waals surface area contributed by atoms with Gasteiger partial charge in [-0.1, -0.05) is 23.7 Å². The summed E-state index contributed by atoms with van der Waals surface area (Å²) in [6.07, 6.45) is 0.549. The minimum Gasteiger partial charge on any atom is -0.421 e. The fourth-order valence-electron chi connectivity index (χ4n) is 2.11. The molecule has 2 N–H and O–H groups in total. The van der Waals surface area contributed by atoms with Crippen LogP contribution in [0.3, 0.4) is 0 Å². The van der Waals surface area contributed by atoms with Gasteiger partial charge >= 0.3 is 0 Å². The molecule has 0 saturated carbocycles. The summed E-state index contributed by atoms with van der Waals surface area (Å²) in [7, 11) is 0. The molecule has 0 aliphatic carbocycles. The Morgan fingerprint density at radius 2 is 1.85 bits per heavy atom. The zero-order valence-corrected chi connectivity index (χ0v) is 15.1. The van der Waals surface area contributed by atoms with Crippen LogP contribution in [0.15, 0.2) is 45.5 Å². The first-order chi connectivity index (χ1) is 12.6. The number of benzene rings is 1. The van der Waals surface area contributed by atoms with Crippen LogP contribution in [0, 0.1) is 0 Å². The highest BCUT2D eigenvalue weighted by Gasteiger charge is 2.11. The van der Waals surface area contributed by atoms with Gasteiger partial charge in [0.15, 0.2) is 0 Å². The summed E-state index contributed by atoms with van der Waals surface area (Å²) >= 11 is 7.33. The Labute approximate surface area is 158 Å². The molecule has 0 radical (unpaired) electrons. The molecule has 7 nitrogen and oxygen atoms in total. The van der Waals surface area contributed by atoms with Gasteiger partial charge in [-0.15, -0.1) is 10.2 Å². The number of amides is 2. The largest absolute Gasteiger partial charge is 0.421 e. The second-order valence-electron chi connectivity index (χ2n) is 5.41. The standard InChI is InChI=1S/C17H15ClN4O3S/c18-13-3-1-11(2-4-13)9-15(24)20-19-14(23)5-6-16-21-22-17(25-16)12-7-8-26-10-12/h1-4,7-8,10H,5-6,9H2,(H,19,23)(H,20,24). The number of aryl methyl sites for hydroxylation is 1. The number of nitrogens with zero attached hydrogens (tertiary/aromatic N) is 2.